The summed E-state index contributed by atoms with van der Waals surface area (Å²) in [6.45, 7) is 2.12. The molecule has 2 aromatic heterocycles. The molecule has 0 saturated heterocycles. The van der Waals surface area contributed by atoms with E-state index in [9.17, 15) is 0 Å². The van der Waals surface area contributed by atoms with Crippen LogP contribution in [0.5, 0.6) is 0 Å². The summed E-state index contributed by atoms with van der Waals surface area (Å²) in [5.74, 6) is 1.96. The summed E-state index contributed by atoms with van der Waals surface area (Å²) in [6.07, 6.45) is 3.43. The van der Waals surface area contributed by atoms with Gasteiger partial charge in [-0.3, -0.25) is 5.10 Å². The van der Waals surface area contributed by atoms with Crippen LogP contribution in [0.2, 0.25) is 0 Å². The molecule has 0 aliphatic heterocycles. The van der Waals surface area contributed by atoms with E-state index in [-0.39, 0.29) is 0 Å². The zero-order chi connectivity index (χ0) is 11.4. The van der Waals surface area contributed by atoms with Gasteiger partial charge < -0.3 is 5.32 Å². The van der Waals surface area contributed by atoms with Crippen LogP contribution in [0.25, 0.3) is 11.6 Å². The third-order valence-corrected chi connectivity index (χ3v) is 2.17. The molecule has 84 valence electrons. The van der Waals surface area contributed by atoms with Crippen molar-refractivity contribution in [1.29, 1.82) is 0 Å². The lowest BCUT2D eigenvalue weighted by Gasteiger charge is -2.05. The van der Waals surface area contributed by atoms with Gasteiger partial charge in [0.1, 0.15) is 12.1 Å². The van der Waals surface area contributed by atoms with Crippen molar-refractivity contribution in [3.63, 3.8) is 0 Å². The van der Waals surface area contributed by atoms with Crippen LogP contribution in [0.4, 0.5) is 5.82 Å². The van der Waals surface area contributed by atoms with Crippen molar-refractivity contribution in [2.75, 3.05) is 12.4 Å². The number of nitrogens with one attached hydrogen (secondary N) is 2. The molecule has 2 aromatic rings. The number of rotatable bonds is 4. The number of hydrogen-bond donors (Lipinski definition) is 2. The minimum atomic E-state index is 0.577. The zero-order valence-electron chi connectivity index (χ0n) is 9.36. The van der Waals surface area contributed by atoms with Gasteiger partial charge in [0.15, 0.2) is 11.6 Å². The second kappa shape index (κ2) is 4.69. The highest BCUT2D eigenvalue weighted by Gasteiger charge is 2.07. The number of aryl methyl sites for hydroxylation is 1. The standard InChI is InChI=1S/C10H14N6/c1-3-4-7-5-8(11-2)15-10(14-7)9-12-6-13-16-9/h5-6H,3-4H2,1-2H3,(H,11,14,15)(H,12,13,16). The molecule has 2 rings (SSSR count). The highest BCUT2D eigenvalue weighted by atomic mass is 15.2. The van der Waals surface area contributed by atoms with E-state index in [0.29, 0.717) is 11.6 Å². The van der Waals surface area contributed by atoms with Gasteiger partial charge in [-0.25, -0.2) is 15.0 Å². The van der Waals surface area contributed by atoms with Crippen molar-refractivity contribution in [3.05, 3.63) is 18.1 Å². The largest absolute Gasteiger partial charge is 0.373 e. The minimum absolute atomic E-state index is 0.577. The molecule has 0 aliphatic rings. The summed E-state index contributed by atoms with van der Waals surface area (Å²) in [5.41, 5.74) is 1.01. The van der Waals surface area contributed by atoms with E-state index >= 15 is 0 Å². The number of anilines is 1. The lowest BCUT2D eigenvalue weighted by Crippen LogP contribution is -2.01. The summed E-state index contributed by atoms with van der Waals surface area (Å²) in [5, 5.41) is 9.57. The summed E-state index contributed by atoms with van der Waals surface area (Å²) in [6, 6.07) is 1.95. The molecule has 0 unspecified atom stereocenters. The van der Waals surface area contributed by atoms with Crippen molar-refractivity contribution in [1.82, 2.24) is 25.1 Å². The van der Waals surface area contributed by atoms with E-state index in [1.165, 1.54) is 6.33 Å². The second-order valence-corrected chi connectivity index (χ2v) is 3.40. The first-order chi connectivity index (χ1) is 7.83. The fourth-order valence-corrected chi connectivity index (χ4v) is 1.43. The van der Waals surface area contributed by atoms with Crippen LogP contribution in [-0.4, -0.2) is 32.2 Å². The molecule has 0 aromatic carbocycles. The molecule has 0 fully saturated rings. The van der Waals surface area contributed by atoms with Crippen LogP contribution in [0.1, 0.15) is 19.0 Å². The Kier molecular flexibility index (Phi) is 3.09. The van der Waals surface area contributed by atoms with Gasteiger partial charge in [0.05, 0.1) is 0 Å². The summed E-state index contributed by atoms with van der Waals surface area (Å²) in [4.78, 5) is 12.8. The van der Waals surface area contributed by atoms with Gasteiger partial charge in [-0.15, -0.1) is 0 Å². The third kappa shape index (κ3) is 2.16. The molecule has 0 bridgehead atoms. The average Bonchev–Trinajstić information content (AvgIpc) is 2.82. The van der Waals surface area contributed by atoms with Crippen LogP contribution in [0.3, 0.4) is 0 Å². The molecular weight excluding hydrogens is 204 g/mol. The fraction of sp³-hybridized carbons (Fsp3) is 0.400. The highest BCUT2D eigenvalue weighted by molar-refractivity contribution is 5.48. The molecule has 0 saturated carbocycles. The first kappa shape index (κ1) is 10.5. The molecule has 0 spiro atoms. The number of nitrogens with zero attached hydrogens (tertiary/aromatic N) is 4. The van der Waals surface area contributed by atoms with E-state index < -0.39 is 0 Å². The van der Waals surface area contributed by atoms with Crippen LogP contribution >= 0.6 is 0 Å². The summed E-state index contributed by atoms with van der Waals surface area (Å²) in [7, 11) is 1.84. The van der Waals surface area contributed by atoms with E-state index in [1.807, 2.05) is 13.1 Å². The third-order valence-electron chi connectivity index (χ3n) is 2.17. The average molecular weight is 218 g/mol. The maximum atomic E-state index is 4.43. The summed E-state index contributed by atoms with van der Waals surface area (Å²) >= 11 is 0. The predicted molar refractivity (Wildman–Crippen MR) is 61.0 cm³/mol. The first-order valence-electron chi connectivity index (χ1n) is 5.25. The van der Waals surface area contributed by atoms with Crippen LogP contribution in [-0.2, 0) is 6.42 Å². The Labute approximate surface area is 93.6 Å². The van der Waals surface area contributed by atoms with E-state index in [2.05, 4.69) is 37.4 Å². The van der Waals surface area contributed by atoms with Crippen molar-refractivity contribution in [3.8, 4) is 11.6 Å². The maximum absolute atomic E-state index is 4.43. The molecule has 0 aliphatic carbocycles. The highest BCUT2D eigenvalue weighted by Crippen LogP contribution is 2.14. The number of aromatic nitrogens is 5. The molecule has 6 heteroatoms. The Balaban J connectivity index is 2.41. The van der Waals surface area contributed by atoms with Gasteiger partial charge in [0, 0.05) is 18.8 Å². The predicted octanol–water partition coefficient (Wildman–Crippen LogP) is 1.26. The van der Waals surface area contributed by atoms with E-state index in [1.54, 1.807) is 0 Å². The second-order valence-electron chi connectivity index (χ2n) is 3.40. The molecule has 2 N–H and O–H groups in total. The van der Waals surface area contributed by atoms with Gasteiger partial charge in [-0.1, -0.05) is 13.3 Å². The van der Waals surface area contributed by atoms with Crippen LogP contribution in [0.15, 0.2) is 12.4 Å². The Morgan fingerprint density at radius 3 is 2.88 bits per heavy atom. The molecule has 0 atom stereocenters. The number of hydrogen-bond acceptors (Lipinski definition) is 5. The lowest BCUT2D eigenvalue weighted by molar-refractivity contribution is 0.872. The van der Waals surface area contributed by atoms with Gasteiger partial charge >= 0.3 is 0 Å². The summed E-state index contributed by atoms with van der Waals surface area (Å²) < 4.78 is 0. The Morgan fingerprint density at radius 2 is 2.25 bits per heavy atom. The fourth-order valence-electron chi connectivity index (χ4n) is 1.43. The molecule has 16 heavy (non-hydrogen) atoms. The van der Waals surface area contributed by atoms with Crippen molar-refractivity contribution < 1.29 is 0 Å². The van der Waals surface area contributed by atoms with Crippen molar-refractivity contribution in [2.45, 2.75) is 19.8 Å². The quantitative estimate of drug-likeness (QED) is 0.807. The SMILES string of the molecule is CCCc1cc(NC)nc(-c2ncn[nH]2)n1. The number of aromatic amines is 1. The molecule has 0 radical (unpaired) electrons. The number of H-pyrrole nitrogens is 1. The zero-order valence-corrected chi connectivity index (χ0v) is 9.36. The molecule has 0 amide bonds. The Morgan fingerprint density at radius 1 is 1.38 bits per heavy atom. The van der Waals surface area contributed by atoms with E-state index in [0.717, 1.165) is 24.4 Å². The Hall–Kier alpha value is -1.98. The van der Waals surface area contributed by atoms with Gasteiger partial charge in [0.2, 0.25) is 0 Å². The molecule has 2 heterocycles. The van der Waals surface area contributed by atoms with Crippen molar-refractivity contribution >= 4 is 5.82 Å². The monoisotopic (exact) mass is 218 g/mol. The lowest BCUT2D eigenvalue weighted by atomic mass is 10.2. The first-order valence-corrected chi connectivity index (χ1v) is 5.25. The normalized spacial score (nSPS) is 10.4. The van der Waals surface area contributed by atoms with Gasteiger partial charge in [-0.05, 0) is 6.42 Å². The van der Waals surface area contributed by atoms with Crippen LogP contribution in [0, 0.1) is 0 Å². The topological polar surface area (TPSA) is 79.4 Å². The smallest absolute Gasteiger partial charge is 0.199 e. The minimum Gasteiger partial charge on any atom is -0.373 e. The van der Waals surface area contributed by atoms with E-state index in [4.69, 9.17) is 0 Å². The van der Waals surface area contributed by atoms with Gasteiger partial charge in [-0.2, -0.15) is 5.10 Å². The van der Waals surface area contributed by atoms with Crippen molar-refractivity contribution in [2.24, 2.45) is 0 Å². The van der Waals surface area contributed by atoms with Crippen LogP contribution < -0.4 is 5.32 Å². The molecular formula is C10H14N6. The maximum Gasteiger partial charge on any atom is 0.199 e. The Bertz CT molecular complexity index is 450. The molecule has 6 nitrogen and oxygen atoms in total. The van der Waals surface area contributed by atoms with Gasteiger partial charge in [0.25, 0.3) is 0 Å².